The fourth-order valence-corrected chi connectivity index (χ4v) is 3.67. The van der Waals surface area contributed by atoms with Crippen LogP contribution in [0.25, 0.3) is 10.9 Å². The van der Waals surface area contributed by atoms with Crippen molar-refractivity contribution in [1.29, 1.82) is 0 Å². The van der Waals surface area contributed by atoms with Crippen molar-refractivity contribution in [1.82, 2.24) is 4.98 Å². The van der Waals surface area contributed by atoms with E-state index in [0.717, 1.165) is 11.8 Å². The summed E-state index contributed by atoms with van der Waals surface area (Å²) in [6.07, 6.45) is 7.80. The number of nitrogens with one attached hydrogen (secondary N) is 1. The highest BCUT2D eigenvalue weighted by molar-refractivity contribution is 5.87. The maximum absolute atomic E-state index is 3.50. The second kappa shape index (κ2) is 4.46. The van der Waals surface area contributed by atoms with Crippen LogP contribution in [0.4, 0.5) is 0 Å². The number of benzene rings is 1. The Labute approximate surface area is 110 Å². The lowest BCUT2D eigenvalue weighted by Crippen LogP contribution is -2.11. The van der Waals surface area contributed by atoms with Gasteiger partial charge in [-0.05, 0) is 55.7 Å². The highest BCUT2D eigenvalue weighted by Gasteiger charge is 2.22. The van der Waals surface area contributed by atoms with Gasteiger partial charge in [0, 0.05) is 17.1 Å². The first-order valence-electron chi connectivity index (χ1n) is 7.23. The van der Waals surface area contributed by atoms with E-state index in [2.05, 4.69) is 44.1 Å². The van der Waals surface area contributed by atoms with Crippen LogP contribution in [0.15, 0.2) is 18.3 Å². The normalized spacial score (nSPS) is 24.6. The van der Waals surface area contributed by atoms with Crippen molar-refractivity contribution in [3.05, 3.63) is 35.0 Å². The summed E-state index contributed by atoms with van der Waals surface area (Å²) in [7, 11) is 0. The zero-order valence-electron chi connectivity index (χ0n) is 11.7. The van der Waals surface area contributed by atoms with Crippen molar-refractivity contribution in [3.63, 3.8) is 0 Å². The minimum atomic E-state index is 0.767. The molecule has 0 bridgehead atoms. The lowest BCUT2D eigenvalue weighted by Gasteiger charge is -2.26. The molecule has 1 heteroatoms. The molecule has 1 aliphatic carbocycles. The smallest absolute Gasteiger partial charge is 0.0486 e. The molecule has 1 nitrogen and oxygen atoms in total. The zero-order chi connectivity index (χ0) is 12.7. The predicted octanol–water partition coefficient (Wildman–Crippen LogP) is 5.08. The number of hydrogen-bond acceptors (Lipinski definition) is 0. The summed E-state index contributed by atoms with van der Waals surface area (Å²) in [5.41, 5.74) is 5.65. The fraction of sp³-hybridized carbons (Fsp3) is 0.529. The number of fused-ring (bicyclic) bond motifs is 1. The lowest BCUT2D eigenvalue weighted by molar-refractivity contribution is 0.345. The molecule has 2 unspecified atom stereocenters. The molecule has 2 aromatic rings. The van der Waals surface area contributed by atoms with Crippen LogP contribution in [-0.4, -0.2) is 4.98 Å². The lowest BCUT2D eigenvalue weighted by atomic mass is 9.78. The van der Waals surface area contributed by atoms with Crippen LogP contribution in [-0.2, 0) is 0 Å². The van der Waals surface area contributed by atoms with E-state index in [9.17, 15) is 0 Å². The van der Waals surface area contributed by atoms with Gasteiger partial charge in [0.15, 0.2) is 0 Å². The van der Waals surface area contributed by atoms with E-state index in [1.807, 2.05) is 0 Å². The van der Waals surface area contributed by atoms with Crippen molar-refractivity contribution >= 4 is 10.9 Å². The van der Waals surface area contributed by atoms with Crippen molar-refractivity contribution in [3.8, 4) is 0 Å². The van der Waals surface area contributed by atoms with Gasteiger partial charge < -0.3 is 4.98 Å². The fourth-order valence-electron chi connectivity index (χ4n) is 3.67. The third kappa shape index (κ3) is 1.96. The molecule has 1 aliphatic rings. The number of aryl methyl sites for hydroxylation is 2. The average molecular weight is 241 g/mol. The highest BCUT2D eigenvalue weighted by Crippen LogP contribution is 2.39. The molecule has 0 amide bonds. The molecule has 1 saturated carbocycles. The van der Waals surface area contributed by atoms with Crippen LogP contribution in [0.2, 0.25) is 0 Å². The summed E-state index contributed by atoms with van der Waals surface area (Å²) >= 11 is 0. The largest absolute Gasteiger partial charge is 0.361 e. The van der Waals surface area contributed by atoms with Gasteiger partial charge in [-0.2, -0.15) is 0 Å². The van der Waals surface area contributed by atoms with Gasteiger partial charge in [0.1, 0.15) is 0 Å². The van der Waals surface area contributed by atoms with Gasteiger partial charge in [-0.3, -0.25) is 0 Å². The predicted molar refractivity (Wildman–Crippen MR) is 78.1 cm³/mol. The zero-order valence-corrected chi connectivity index (χ0v) is 11.7. The molecule has 96 valence electrons. The first kappa shape index (κ1) is 11.8. The SMILES string of the molecule is Cc1cc(C)c2[nH]cc(C3CCCC(C)C3)c2c1. The molecule has 0 radical (unpaired) electrons. The summed E-state index contributed by atoms with van der Waals surface area (Å²) in [5, 5.41) is 1.46. The van der Waals surface area contributed by atoms with Crippen LogP contribution in [0.1, 0.15) is 55.2 Å². The van der Waals surface area contributed by atoms with Gasteiger partial charge in [0.2, 0.25) is 0 Å². The van der Waals surface area contributed by atoms with Crippen LogP contribution >= 0.6 is 0 Å². The van der Waals surface area contributed by atoms with Crippen LogP contribution in [0, 0.1) is 19.8 Å². The van der Waals surface area contributed by atoms with Crippen molar-refractivity contribution < 1.29 is 0 Å². The minimum absolute atomic E-state index is 0.767. The van der Waals surface area contributed by atoms with Gasteiger partial charge in [0.25, 0.3) is 0 Å². The number of aromatic nitrogens is 1. The molecule has 1 aromatic carbocycles. The quantitative estimate of drug-likeness (QED) is 0.716. The van der Waals surface area contributed by atoms with Crippen LogP contribution in [0.5, 0.6) is 0 Å². The number of hydrogen-bond donors (Lipinski definition) is 1. The Bertz CT molecular complexity index is 564. The second-order valence-corrected chi connectivity index (χ2v) is 6.22. The third-order valence-corrected chi connectivity index (χ3v) is 4.54. The molecular formula is C17H23N. The molecule has 1 N–H and O–H groups in total. The number of rotatable bonds is 1. The standard InChI is InChI=1S/C17H23N/c1-11-5-4-6-14(8-11)16-10-18-17-13(3)7-12(2)9-15(16)17/h7,9-11,14,18H,4-6,8H2,1-3H3. The monoisotopic (exact) mass is 241 g/mol. The Balaban J connectivity index is 2.06. The summed E-state index contributed by atoms with van der Waals surface area (Å²) in [6, 6.07) is 4.62. The van der Waals surface area contributed by atoms with Gasteiger partial charge >= 0.3 is 0 Å². The van der Waals surface area contributed by atoms with E-state index in [-0.39, 0.29) is 0 Å². The van der Waals surface area contributed by atoms with E-state index in [1.54, 1.807) is 5.56 Å². The maximum Gasteiger partial charge on any atom is 0.0486 e. The Morgan fingerprint density at radius 3 is 2.78 bits per heavy atom. The Hall–Kier alpha value is -1.24. The van der Waals surface area contributed by atoms with E-state index in [0.29, 0.717) is 0 Å². The molecule has 1 heterocycles. The van der Waals surface area contributed by atoms with E-state index in [1.165, 1.54) is 47.7 Å². The van der Waals surface area contributed by atoms with E-state index >= 15 is 0 Å². The summed E-state index contributed by atoms with van der Waals surface area (Å²) < 4.78 is 0. The molecule has 18 heavy (non-hydrogen) atoms. The Morgan fingerprint density at radius 2 is 2.00 bits per heavy atom. The van der Waals surface area contributed by atoms with Crippen LogP contribution in [0.3, 0.4) is 0 Å². The molecule has 0 aliphatic heterocycles. The number of aromatic amines is 1. The van der Waals surface area contributed by atoms with Gasteiger partial charge in [-0.1, -0.05) is 31.4 Å². The third-order valence-electron chi connectivity index (χ3n) is 4.54. The van der Waals surface area contributed by atoms with Gasteiger partial charge in [0.05, 0.1) is 0 Å². The van der Waals surface area contributed by atoms with Crippen LogP contribution < -0.4 is 0 Å². The molecule has 2 atom stereocenters. The van der Waals surface area contributed by atoms with Gasteiger partial charge in [-0.25, -0.2) is 0 Å². The first-order valence-corrected chi connectivity index (χ1v) is 7.23. The molecule has 0 saturated heterocycles. The Kier molecular flexibility index (Phi) is 2.93. The van der Waals surface area contributed by atoms with Gasteiger partial charge in [-0.15, -0.1) is 0 Å². The van der Waals surface area contributed by atoms with Crippen molar-refractivity contribution in [2.75, 3.05) is 0 Å². The number of H-pyrrole nitrogens is 1. The van der Waals surface area contributed by atoms with E-state index in [4.69, 9.17) is 0 Å². The van der Waals surface area contributed by atoms with Crippen molar-refractivity contribution in [2.24, 2.45) is 5.92 Å². The van der Waals surface area contributed by atoms with Crippen molar-refractivity contribution in [2.45, 2.75) is 52.4 Å². The molecule has 3 rings (SSSR count). The summed E-state index contributed by atoms with van der Waals surface area (Å²) in [6.45, 7) is 6.81. The summed E-state index contributed by atoms with van der Waals surface area (Å²) in [5.74, 6) is 1.66. The topological polar surface area (TPSA) is 15.8 Å². The molecule has 1 fully saturated rings. The summed E-state index contributed by atoms with van der Waals surface area (Å²) in [4.78, 5) is 3.50. The Morgan fingerprint density at radius 1 is 1.17 bits per heavy atom. The second-order valence-electron chi connectivity index (χ2n) is 6.22. The molecular weight excluding hydrogens is 218 g/mol. The van der Waals surface area contributed by atoms with E-state index < -0.39 is 0 Å². The average Bonchev–Trinajstić information content (AvgIpc) is 2.72. The maximum atomic E-state index is 3.50. The highest BCUT2D eigenvalue weighted by atomic mass is 14.7. The minimum Gasteiger partial charge on any atom is -0.361 e. The molecule has 1 aromatic heterocycles. The first-order chi connectivity index (χ1) is 8.65. The molecule has 0 spiro atoms.